The number of alkyl carbamates (subject to hydrolysis) is 1. The maximum atomic E-state index is 10.7. The first-order chi connectivity index (χ1) is 7.24. The second-order valence-electron chi connectivity index (χ2n) is 3.22. The molecule has 0 heterocycles. The highest BCUT2D eigenvalue weighted by Crippen LogP contribution is 2.11. The van der Waals surface area contributed by atoms with Gasteiger partial charge in [0.1, 0.15) is 0 Å². The zero-order valence-corrected chi connectivity index (χ0v) is 8.82. The van der Waals surface area contributed by atoms with Gasteiger partial charge in [-0.3, -0.25) is 0 Å². The molecule has 4 heteroatoms. The number of hydrogen-bond donors (Lipinski definition) is 2. The Bertz CT molecular complexity index is 326. The van der Waals surface area contributed by atoms with Crippen molar-refractivity contribution < 1.29 is 9.53 Å². The first-order valence-electron chi connectivity index (χ1n) is 4.89. The van der Waals surface area contributed by atoms with E-state index in [9.17, 15) is 4.79 Å². The number of hydrogen-bond acceptors (Lipinski definition) is 3. The highest BCUT2D eigenvalue weighted by molar-refractivity contribution is 5.66. The van der Waals surface area contributed by atoms with Crippen molar-refractivity contribution in [3.63, 3.8) is 0 Å². The molecule has 82 valence electrons. The van der Waals surface area contributed by atoms with Gasteiger partial charge in [-0.1, -0.05) is 18.2 Å². The molecular formula is C11H16N2O2. The summed E-state index contributed by atoms with van der Waals surface area (Å²) in [6.07, 6.45) is 1.32. The standard InChI is InChI=1S/C11H16N2O2/c1-15-11(14)13-8-4-6-9-5-2-3-7-10(9)12/h2-3,5,7H,4,6,8,12H2,1H3,(H,13,14). The molecule has 3 N–H and O–H groups in total. The maximum Gasteiger partial charge on any atom is 0.406 e. The van der Waals surface area contributed by atoms with Gasteiger partial charge in [-0.2, -0.15) is 0 Å². The number of para-hydroxylation sites is 1. The highest BCUT2D eigenvalue weighted by atomic mass is 16.5. The molecule has 0 atom stereocenters. The fraction of sp³-hybridized carbons (Fsp3) is 0.364. The van der Waals surface area contributed by atoms with Gasteiger partial charge in [0, 0.05) is 12.2 Å². The summed E-state index contributed by atoms with van der Waals surface area (Å²) in [5.41, 5.74) is 7.69. The molecule has 1 aromatic rings. The van der Waals surface area contributed by atoms with Crippen LogP contribution in [0.2, 0.25) is 0 Å². The van der Waals surface area contributed by atoms with Crippen molar-refractivity contribution in [1.82, 2.24) is 5.32 Å². The zero-order valence-electron chi connectivity index (χ0n) is 8.82. The lowest BCUT2D eigenvalue weighted by molar-refractivity contribution is 0.171. The van der Waals surface area contributed by atoms with Crippen LogP contribution in [0, 0.1) is 0 Å². The monoisotopic (exact) mass is 208 g/mol. The lowest BCUT2D eigenvalue weighted by atomic mass is 10.1. The van der Waals surface area contributed by atoms with Crippen LogP contribution in [0.1, 0.15) is 12.0 Å². The molecule has 0 saturated heterocycles. The van der Waals surface area contributed by atoms with Gasteiger partial charge in [-0.25, -0.2) is 4.79 Å². The van der Waals surface area contributed by atoms with Gasteiger partial charge >= 0.3 is 6.09 Å². The number of ether oxygens (including phenoxy) is 1. The van der Waals surface area contributed by atoms with E-state index in [1.54, 1.807) is 0 Å². The predicted molar refractivity (Wildman–Crippen MR) is 59.6 cm³/mol. The van der Waals surface area contributed by atoms with Crippen LogP contribution in [-0.2, 0) is 11.2 Å². The van der Waals surface area contributed by atoms with Crippen molar-refractivity contribution in [3.8, 4) is 0 Å². The van der Waals surface area contributed by atoms with Crippen molar-refractivity contribution in [1.29, 1.82) is 0 Å². The van der Waals surface area contributed by atoms with Gasteiger partial charge in [-0.15, -0.1) is 0 Å². The first-order valence-corrected chi connectivity index (χ1v) is 4.89. The van der Waals surface area contributed by atoms with Crippen LogP contribution in [0.4, 0.5) is 10.5 Å². The highest BCUT2D eigenvalue weighted by Gasteiger charge is 1.99. The number of benzene rings is 1. The van der Waals surface area contributed by atoms with Gasteiger partial charge in [0.2, 0.25) is 0 Å². The van der Waals surface area contributed by atoms with Crippen molar-refractivity contribution in [2.45, 2.75) is 12.8 Å². The SMILES string of the molecule is COC(=O)NCCCc1ccccc1N. The number of nitrogens with two attached hydrogens (primary N) is 1. The summed E-state index contributed by atoms with van der Waals surface area (Å²) in [6, 6.07) is 7.74. The van der Waals surface area contributed by atoms with Gasteiger partial charge in [-0.05, 0) is 24.5 Å². The van der Waals surface area contributed by atoms with Crippen LogP contribution in [-0.4, -0.2) is 19.7 Å². The lowest BCUT2D eigenvalue weighted by Crippen LogP contribution is -2.24. The van der Waals surface area contributed by atoms with Crippen LogP contribution >= 0.6 is 0 Å². The van der Waals surface area contributed by atoms with E-state index in [0.717, 1.165) is 24.1 Å². The smallest absolute Gasteiger partial charge is 0.406 e. The topological polar surface area (TPSA) is 64.3 Å². The molecule has 0 unspecified atom stereocenters. The van der Waals surface area contributed by atoms with E-state index in [4.69, 9.17) is 5.73 Å². The van der Waals surface area contributed by atoms with Crippen molar-refractivity contribution in [3.05, 3.63) is 29.8 Å². The minimum Gasteiger partial charge on any atom is -0.453 e. The minimum atomic E-state index is -0.393. The van der Waals surface area contributed by atoms with Crippen molar-refractivity contribution >= 4 is 11.8 Å². The second kappa shape index (κ2) is 5.90. The Balaban J connectivity index is 2.26. The number of rotatable bonds is 4. The summed E-state index contributed by atoms with van der Waals surface area (Å²) in [5, 5.41) is 2.62. The van der Waals surface area contributed by atoms with Crippen molar-refractivity contribution in [2.24, 2.45) is 0 Å². The second-order valence-corrected chi connectivity index (χ2v) is 3.22. The Morgan fingerprint density at radius 2 is 2.20 bits per heavy atom. The van der Waals surface area contributed by atoms with E-state index in [2.05, 4.69) is 10.1 Å². The summed E-state index contributed by atoms with van der Waals surface area (Å²) in [5.74, 6) is 0. The Hall–Kier alpha value is -1.71. The third kappa shape index (κ3) is 3.89. The molecule has 0 fully saturated rings. The number of amides is 1. The molecule has 1 rings (SSSR count). The molecule has 0 aliphatic heterocycles. The molecule has 0 saturated carbocycles. The number of nitrogen functional groups attached to an aromatic ring is 1. The van der Waals surface area contributed by atoms with Crippen LogP contribution in [0.25, 0.3) is 0 Å². The molecule has 0 aromatic heterocycles. The Morgan fingerprint density at radius 3 is 2.87 bits per heavy atom. The Labute approximate surface area is 89.4 Å². The van der Waals surface area contributed by atoms with Crippen LogP contribution in [0.15, 0.2) is 24.3 Å². The lowest BCUT2D eigenvalue weighted by Gasteiger charge is -2.05. The molecule has 0 radical (unpaired) electrons. The molecular weight excluding hydrogens is 192 g/mol. The molecule has 4 nitrogen and oxygen atoms in total. The van der Waals surface area contributed by atoms with E-state index in [-0.39, 0.29) is 0 Å². The third-order valence-electron chi connectivity index (χ3n) is 2.13. The molecule has 0 spiro atoms. The van der Waals surface area contributed by atoms with Gasteiger partial charge in [0.15, 0.2) is 0 Å². The predicted octanol–water partition coefficient (Wildman–Crippen LogP) is 1.56. The first kappa shape index (κ1) is 11.4. The zero-order chi connectivity index (χ0) is 11.1. The largest absolute Gasteiger partial charge is 0.453 e. The number of carbonyl (C=O) groups excluding carboxylic acids is 1. The maximum absolute atomic E-state index is 10.7. The van der Waals surface area contributed by atoms with Gasteiger partial charge < -0.3 is 15.8 Å². The van der Waals surface area contributed by atoms with E-state index in [0.29, 0.717) is 6.54 Å². The fourth-order valence-corrected chi connectivity index (χ4v) is 1.30. The average molecular weight is 208 g/mol. The minimum absolute atomic E-state index is 0.393. The summed E-state index contributed by atoms with van der Waals surface area (Å²) >= 11 is 0. The molecule has 0 aliphatic rings. The molecule has 1 amide bonds. The number of methoxy groups -OCH3 is 1. The van der Waals surface area contributed by atoms with Crippen molar-refractivity contribution in [2.75, 3.05) is 19.4 Å². The number of carbonyl (C=O) groups is 1. The summed E-state index contributed by atoms with van der Waals surface area (Å²) in [4.78, 5) is 10.7. The van der Waals surface area contributed by atoms with E-state index in [1.807, 2.05) is 24.3 Å². The van der Waals surface area contributed by atoms with Crippen LogP contribution in [0.3, 0.4) is 0 Å². The number of anilines is 1. The molecule has 0 aliphatic carbocycles. The van der Waals surface area contributed by atoms with Crippen LogP contribution in [0.5, 0.6) is 0 Å². The number of aryl methyl sites for hydroxylation is 1. The normalized spacial score (nSPS) is 9.67. The van der Waals surface area contributed by atoms with Crippen LogP contribution < -0.4 is 11.1 Å². The number of nitrogens with one attached hydrogen (secondary N) is 1. The molecule has 0 bridgehead atoms. The van der Waals surface area contributed by atoms with Gasteiger partial charge in [0.25, 0.3) is 0 Å². The third-order valence-corrected chi connectivity index (χ3v) is 2.13. The quantitative estimate of drug-likeness (QED) is 0.583. The Kier molecular flexibility index (Phi) is 4.47. The van der Waals surface area contributed by atoms with Gasteiger partial charge in [0.05, 0.1) is 7.11 Å². The van der Waals surface area contributed by atoms with E-state index >= 15 is 0 Å². The van der Waals surface area contributed by atoms with E-state index in [1.165, 1.54) is 7.11 Å². The average Bonchev–Trinajstić information content (AvgIpc) is 2.26. The summed E-state index contributed by atoms with van der Waals surface area (Å²) < 4.78 is 4.45. The van der Waals surface area contributed by atoms with E-state index < -0.39 is 6.09 Å². The molecule has 1 aromatic carbocycles. The Morgan fingerprint density at radius 1 is 1.47 bits per heavy atom. The fourth-order valence-electron chi connectivity index (χ4n) is 1.30. The molecule has 15 heavy (non-hydrogen) atoms. The summed E-state index contributed by atoms with van der Waals surface area (Å²) in [7, 11) is 1.35. The summed E-state index contributed by atoms with van der Waals surface area (Å²) in [6.45, 7) is 0.598.